The summed E-state index contributed by atoms with van der Waals surface area (Å²) in [7, 11) is 1.76. The number of amides is 1. The first-order valence-electron chi connectivity index (χ1n) is 5.92. The summed E-state index contributed by atoms with van der Waals surface area (Å²) in [6.07, 6.45) is 0. The quantitative estimate of drug-likeness (QED) is 0.739. The van der Waals surface area contributed by atoms with Gasteiger partial charge in [0.15, 0.2) is 0 Å². The van der Waals surface area contributed by atoms with Gasteiger partial charge in [0.25, 0.3) is 5.91 Å². The monoisotopic (exact) mass is 371 g/mol. The number of benzene rings is 2. The molecule has 0 radical (unpaired) electrons. The van der Waals surface area contributed by atoms with Crippen molar-refractivity contribution >= 4 is 45.0 Å². The van der Waals surface area contributed by atoms with Crippen molar-refractivity contribution in [2.75, 3.05) is 7.05 Å². The Morgan fingerprint density at radius 1 is 1.15 bits per heavy atom. The summed E-state index contributed by atoms with van der Waals surface area (Å²) in [6.45, 7) is 0.518. The molecule has 0 saturated heterocycles. The van der Waals surface area contributed by atoms with Crippen molar-refractivity contribution in [2.24, 2.45) is 0 Å². The standard InChI is InChI=1S/C15H12BrCl2NO/c1-19(9-10-2-5-12(17)6-3-10)15(20)11-4-7-13(16)14(18)8-11/h2-8H,9H2,1H3. The third-order valence-electron chi connectivity index (χ3n) is 2.85. The average Bonchev–Trinajstić information content (AvgIpc) is 2.43. The number of carbonyl (C=O) groups excluding carboxylic acids is 1. The van der Waals surface area contributed by atoms with Crippen molar-refractivity contribution in [3.8, 4) is 0 Å². The third kappa shape index (κ3) is 3.75. The molecule has 0 N–H and O–H groups in total. The minimum atomic E-state index is -0.0747. The lowest BCUT2D eigenvalue weighted by atomic mass is 10.1. The molecule has 0 aromatic heterocycles. The maximum atomic E-state index is 12.3. The molecule has 0 aliphatic rings. The van der Waals surface area contributed by atoms with Crippen molar-refractivity contribution in [3.63, 3.8) is 0 Å². The molecule has 0 aliphatic heterocycles. The smallest absolute Gasteiger partial charge is 0.253 e. The van der Waals surface area contributed by atoms with Crippen LogP contribution >= 0.6 is 39.1 Å². The van der Waals surface area contributed by atoms with E-state index in [4.69, 9.17) is 23.2 Å². The number of nitrogens with zero attached hydrogens (tertiary/aromatic N) is 1. The molecule has 20 heavy (non-hydrogen) atoms. The van der Waals surface area contributed by atoms with Gasteiger partial charge in [0.05, 0.1) is 5.02 Å². The molecular formula is C15H12BrCl2NO. The highest BCUT2D eigenvalue weighted by molar-refractivity contribution is 9.10. The number of hydrogen-bond donors (Lipinski definition) is 0. The highest BCUT2D eigenvalue weighted by Gasteiger charge is 2.13. The fourth-order valence-electron chi connectivity index (χ4n) is 1.79. The van der Waals surface area contributed by atoms with Crippen molar-refractivity contribution in [3.05, 3.63) is 68.1 Å². The van der Waals surface area contributed by atoms with E-state index in [1.54, 1.807) is 30.1 Å². The highest BCUT2D eigenvalue weighted by atomic mass is 79.9. The molecule has 104 valence electrons. The summed E-state index contributed by atoms with van der Waals surface area (Å²) < 4.78 is 0.774. The van der Waals surface area contributed by atoms with E-state index in [0.717, 1.165) is 10.0 Å². The van der Waals surface area contributed by atoms with Gasteiger partial charge in [-0.1, -0.05) is 35.3 Å². The molecule has 0 fully saturated rings. The predicted octanol–water partition coefficient (Wildman–Crippen LogP) is 5.03. The molecule has 0 saturated carbocycles. The fraction of sp³-hybridized carbons (Fsp3) is 0.133. The van der Waals surface area contributed by atoms with Crippen molar-refractivity contribution < 1.29 is 4.79 Å². The molecule has 5 heteroatoms. The SMILES string of the molecule is CN(Cc1ccc(Cl)cc1)C(=O)c1ccc(Br)c(Cl)c1. The second kappa shape index (κ2) is 6.61. The molecule has 2 aromatic carbocycles. The van der Waals surface area contributed by atoms with E-state index >= 15 is 0 Å². The lowest BCUT2D eigenvalue weighted by Crippen LogP contribution is -2.26. The summed E-state index contributed by atoms with van der Waals surface area (Å²) in [5, 5.41) is 1.21. The Bertz CT molecular complexity index is 628. The Labute approximate surface area is 136 Å². The Balaban J connectivity index is 2.11. The van der Waals surface area contributed by atoms with Gasteiger partial charge in [-0.25, -0.2) is 0 Å². The van der Waals surface area contributed by atoms with E-state index < -0.39 is 0 Å². The van der Waals surface area contributed by atoms with Gasteiger partial charge in [0, 0.05) is 28.7 Å². The minimum Gasteiger partial charge on any atom is -0.337 e. The number of rotatable bonds is 3. The number of carbonyl (C=O) groups is 1. The summed E-state index contributed by atoms with van der Waals surface area (Å²) >= 11 is 15.2. The first-order chi connectivity index (χ1) is 9.47. The topological polar surface area (TPSA) is 20.3 Å². The zero-order chi connectivity index (χ0) is 14.7. The van der Waals surface area contributed by atoms with Crippen LogP contribution in [-0.2, 0) is 6.54 Å². The van der Waals surface area contributed by atoms with Gasteiger partial charge in [0.1, 0.15) is 0 Å². The first kappa shape index (κ1) is 15.4. The van der Waals surface area contributed by atoms with Crippen LogP contribution in [0.2, 0.25) is 10.0 Å². The maximum Gasteiger partial charge on any atom is 0.253 e. The van der Waals surface area contributed by atoms with E-state index in [1.807, 2.05) is 24.3 Å². The van der Waals surface area contributed by atoms with Crippen LogP contribution in [0, 0.1) is 0 Å². The molecule has 2 nitrogen and oxygen atoms in total. The van der Waals surface area contributed by atoms with Gasteiger partial charge in [-0.2, -0.15) is 0 Å². The van der Waals surface area contributed by atoms with Gasteiger partial charge in [-0.15, -0.1) is 0 Å². The molecule has 1 amide bonds. The van der Waals surface area contributed by atoms with Crippen LogP contribution in [0.1, 0.15) is 15.9 Å². The molecule has 2 rings (SSSR count). The van der Waals surface area contributed by atoms with E-state index in [0.29, 0.717) is 22.2 Å². The second-order valence-electron chi connectivity index (χ2n) is 4.42. The number of hydrogen-bond acceptors (Lipinski definition) is 1. The van der Waals surface area contributed by atoms with E-state index in [9.17, 15) is 4.79 Å². The van der Waals surface area contributed by atoms with Crippen LogP contribution in [0.15, 0.2) is 46.9 Å². The largest absolute Gasteiger partial charge is 0.337 e. The molecule has 0 bridgehead atoms. The summed E-state index contributed by atoms with van der Waals surface area (Å²) in [6, 6.07) is 12.6. The maximum absolute atomic E-state index is 12.3. The Kier molecular flexibility index (Phi) is 5.08. The summed E-state index contributed by atoms with van der Waals surface area (Å²) in [5.41, 5.74) is 1.59. The number of halogens is 3. The first-order valence-corrected chi connectivity index (χ1v) is 7.47. The second-order valence-corrected chi connectivity index (χ2v) is 6.11. The van der Waals surface area contributed by atoms with Gasteiger partial charge in [-0.3, -0.25) is 4.79 Å². The van der Waals surface area contributed by atoms with E-state index in [-0.39, 0.29) is 5.91 Å². The third-order valence-corrected chi connectivity index (χ3v) is 4.33. The van der Waals surface area contributed by atoms with Crippen molar-refractivity contribution in [1.82, 2.24) is 4.90 Å². The van der Waals surface area contributed by atoms with Crippen LogP contribution in [0.25, 0.3) is 0 Å². The Hall–Kier alpha value is -1.03. The lowest BCUT2D eigenvalue weighted by Gasteiger charge is -2.17. The summed E-state index contributed by atoms with van der Waals surface area (Å²) in [5.74, 6) is -0.0747. The van der Waals surface area contributed by atoms with Crippen LogP contribution in [0.5, 0.6) is 0 Å². The zero-order valence-electron chi connectivity index (χ0n) is 10.7. The highest BCUT2D eigenvalue weighted by Crippen LogP contribution is 2.24. The normalized spacial score (nSPS) is 10.4. The minimum absolute atomic E-state index is 0.0747. The fourth-order valence-corrected chi connectivity index (χ4v) is 2.34. The van der Waals surface area contributed by atoms with Gasteiger partial charge < -0.3 is 4.90 Å². The van der Waals surface area contributed by atoms with Gasteiger partial charge in [-0.05, 0) is 51.8 Å². The van der Waals surface area contributed by atoms with Crippen LogP contribution < -0.4 is 0 Å². The predicted molar refractivity (Wildman–Crippen MR) is 86.4 cm³/mol. The zero-order valence-corrected chi connectivity index (χ0v) is 13.8. The molecule has 0 atom stereocenters. The van der Waals surface area contributed by atoms with Crippen LogP contribution in [-0.4, -0.2) is 17.9 Å². The molecule has 2 aromatic rings. The molecule has 0 heterocycles. The van der Waals surface area contributed by atoms with E-state index in [1.165, 1.54) is 0 Å². The van der Waals surface area contributed by atoms with Crippen LogP contribution in [0.3, 0.4) is 0 Å². The average molecular weight is 373 g/mol. The van der Waals surface area contributed by atoms with Gasteiger partial charge >= 0.3 is 0 Å². The van der Waals surface area contributed by atoms with Crippen LogP contribution in [0.4, 0.5) is 0 Å². The van der Waals surface area contributed by atoms with E-state index in [2.05, 4.69) is 15.9 Å². The Morgan fingerprint density at radius 3 is 2.40 bits per heavy atom. The molecule has 0 unspecified atom stereocenters. The Morgan fingerprint density at radius 2 is 1.80 bits per heavy atom. The summed E-state index contributed by atoms with van der Waals surface area (Å²) in [4.78, 5) is 13.9. The molecule has 0 spiro atoms. The van der Waals surface area contributed by atoms with Crippen molar-refractivity contribution in [1.29, 1.82) is 0 Å². The lowest BCUT2D eigenvalue weighted by molar-refractivity contribution is 0.0785. The van der Waals surface area contributed by atoms with Crippen molar-refractivity contribution in [2.45, 2.75) is 6.54 Å². The molecular weight excluding hydrogens is 361 g/mol. The molecule has 0 aliphatic carbocycles. The van der Waals surface area contributed by atoms with Gasteiger partial charge in [0.2, 0.25) is 0 Å².